The Bertz CT molecular complexity index is 1440. The average molecular weight is 399 g/mol. The van der Waals surface area contributed by atoms with Gasteiger partial charge < -0.3 is 0 Å². The van der Waals surface area contributed by atoms with Crippen LogP contribution >= 0.6 is 0 Å². The highest BCUT2D eigenvalue weighted by Gasteiger charge is 2.28. The van der Waals surface area contributed by atoms with Gasteiger partial charge in [-0.05, 0) is 50.1 Å². The van der Waals surface area contributed by atoms with Crippen molar-refractivity contribution in [2.24, 2.45) is 0 Å². The lowest BCUT2D eigenvalue weighted by atomic mass is 9.78. The molecule has 0 aromatic heterocycles. The van der Waals surface area contributed by atoms with Gasteiger partial charge in [-0.1, -0.05) is 91.0 Å². The van der Waals surface area contributed by atoms with Crippen molar-refractivity contribution in [2.75, 3.05) is 0 Å². The fourth-order valence-electron chi connectivity index (χ4n) is 4.75. The Morgan fingerprint density at radius 3 is 1.39 bits per heavy atom. The molecule has 0 unspecified atom stereocenters. The zero-order chi connectivity index (χ0) is 20.9. The van der Waals surface area contributed by atoms with Crippen LogP contribution in [-0.4, -0.2) is 11.8 Å². The molecule has 3 nitrogen and oxygen atoms in total. The molecule has 1 heterocycles. The summed E-state index contributed by atoms with van der Waals surface area (Å²) >= 11 is 0. The van der Waals surface area contributed by atoms with Gasteiger partial charge in [-0.2, -0.15) is 0 Å². The molecule has 1 N–H and O–H groups in total. The number of hydrogen-bond donors (Lipinski definition) is 1. The van der Waals surface area contributed by atoms with E-state index < -0.39 is 0 Å². The molecule has 6 rings (SSSR count). The summed E-state index contributed by atoms with van der Waals surface area (Å²) in [4.78, 5) is 24.5. The molecular formula is C28H17NO2. The number of benzene rings is 4. The van der Waals surface area contributed by atoms with Crippen LogP contribution in [0.3, 0.4) is 0 Å². The molecule has 146 valence electrons. The molecule has 0 bridgehead atoms. The van der Waals surface area contributed by atoms with Crippen molar-refractivity contribution in [3.63, 3.8) is 0 Å². The molecule has 0 fully saturated rings. The maximum Gasteiger partial charge on any atom is 0.258 e. The molecule has 0 atom stereocenters. The van der Waals surface area contributed by atoms with Crippen molar-refractivity contribution in [3.8, 4) is 44.5 Å². The van der Waals surface area contributed by atoms with Crippen molar-refractivity contribution in [3.05, 3.63) is 103 Å². The van der Waals surface area contributed by atoms with Gasteiger partial charge in [0.2, 0.25) is 0 Å². The van der Waals surface area contributed by atoms with Gasteiger partial charge in [0.15, 0.2) is 0 Å². The van der Waals surface area contributed by atoms with Crippen molar-refractivity contribution < 1.29 is 9.59 Å². The second-order valence-corrected chi connectivity index (χ2v) is 7.74. The van der Waals surface area contributed by atoms with E-state index in [1.54, 1.807) is 0 Å². The van der Waals surface area contributed by atoms with E-state index in [-0.39, 0.29) is 11.8 Å². The fourth-order valence-corrected chi connectivity index (χ4v) is 4.75. The van der Waals surface area contributed by atoms with E-state index in [9.17, 15) is 9.59 Å². The van der Waals surface area contributed by atoms with Crippen molar-refractivity contribution in [1.82, 2.24) is 5.32 Å². The summed E-state index contributed by atoms with van der Waals surface area (Å²) < 4.78 is 0. The third-order valence-electron chi connectivity index (χ3n) is 6.03. The molecule has 4 aromatic rings. The highest BCUT2D eigenvalue weighted by Crippen LogP contribution is 2.49. The minimum Gasteiger partial charge on any atom is -0.289 e. The zero-order valence-corrected chi connectivity index (χ0v) is 16.6. The lowest BCUT2D eigenvalue weighted by Gasteiger charge is -2.24. The summed E-state index contributed by atoms with van der Waals surface area (Å²) in [5.41, 5.74) is 9.90. The van der Waals surface area contributed by atoms with Crippen LogP contribution in [0.25, 0.3) is 50.1 Å². The van der Waals surface area contributed by atoms with E-state index in [0.717, 1.165) is 44.5 Å². The first-order valence-corrected chi connectivity index (χ1v) is 10.2. The first kappa shape index (κ1) is 17.6. The van der Waals surface area contributed by atoms with Gasteiger partial charge in [0, 0.05) is 6.08 Å². The molecule has 4 aromatic carbocycles. The van der Waals surface area contributed by atoms with E-state index in [1.807, 2.05) is 30.3 Å². The third-order valence-corrected chi connectivity index (χ3v) is 6.03. The van der Waals surface area contributed by atoms with Gasteiger partial charge in [-0.3, -0.25) is 14.9 Å². The molecule has 1 aliphatic carbocycles. The number of rotatable bonds is 1. The summed E-state index contributed by atoms with van der Waals surface area (Å²) in [6.45, 7) is 0. The van der Waals surface area contributed by atoms with Crippen molar-refractivity contribution in [1.29, 1.82) is 0 Å². The Balaban J connectivity index is 1.80. The van der Waals surface area contributed by atoms with Gasteiger partial charge in [-0.25, -0.2) is 0 Å². The van der Waals surface area contributed by atoms with E-state index in [0.29, 0.717) is 5.57 Å². The first-order chi connectivity index (χ1) is 15.2. The predicted octanol–water partition coefficient (Wildman–Crippen LogP) is 5.71. The number of fused-ring (bicyclic) bond motifs is 8. The number of hydrogen-bond acceptors (Lipinski definition) is 2. The smallest absolute Gasteiger partial charge is 0.258 e. The van der Waals surface area contributed by atoms with Crippen LogP contribution < -0.4 is 5.32 Å². The van der Waals surface area contributed by atoms with Crippen LogP contribution in [0.5, 0.6) is 0 Å². The van der Waals surface area contributed by atoms with Gasteiger partial charge in [0.1, 0.15) is 0 Å². The normalized spacial score (nSPS) is 13.7. The standard InChI is InChI=1S/C28H17NO2/c30-26-16-25(28(31)29-26)24-15-7-14-23-21-11-4-3-10-19(21)17-8-1-2-9-18(17)20-12-5-6-13-22(20)27(23)24/h1-16H,(H,29,30,31). The number of nitrogens with one attached hydrogen (secondary N) is 1. The molecule has 1 aliphatic heterocycles. The van der Waals surface area contributed by atoms with Gasteiger partial charge >= 0.3 is 0 Å². The van der Waals surface area contributed by atoms with Crippen LogP contribution in [-0.2, 0) is 9.59 Å². The largest absolute Gasteiger partial charge is 0.289 e. The second kappa shape index (κ2) is 6.64. The lowest BCUT2D eigenvalue weighted by Crippen LogP contribution is -2.22. The summed E-state index contributed by atoms with van der Waals surface area (Å²) in [7, 11) is 0. The van der Waals surface area contributed by atoms with Crippen LogP contribution in [0.15, 0.2) is 97.1 Å². The van der Waals surface area contributed by atoms with Gasteiger partial charge in [0.25, 0.3) is 11.8 Å². The van der Waals surface area contributed by atoms with E-state index >= 15 is 0 Å². The molecule has 0 saturated carbocycles. The lowest BCUT2D eigenvalue weighted by molar-refractivity contribution is -0.123. The highest BCUT2D eigenvalue weighted by molar-refractivity contribution is 6.34. The molecule has 2 amide bonds. The average Bonchev–Trinajstić information content (AvgIpc) is 3.15. The summed E-state index contributed by atoms with van der Waals surface area (Å²) in [5.74, 6) is -0.728. The van der Waals surface area contributed by atoms with Crippen molar-refractivity contribution >= 4 is 17.4 Å². The molecule has 0 radical (unpaired) electrons. The molecule has 3 heteroatoms. The molecule has 0 saturated heterocycles. The predicted molar refractivity (Wildman–Crippen MR) is 123 cm³/mol. The van der Waals surface area contributed by atoms with E-state index in [4.69, 9.17) is 0 Å². The molecular weight excluding hydrogens is 382 g/mol. The minimum atomic E-state index is -0.373. The Labute approximate surface area is 179 Å². The number of carbonyl (C=O) groups excluding carboxylic acids is 2. The topological polar surface area (TPSA) is 46.2 Å². The van der Waals surface area contributed by atoms with Gasteiger partial charge in [-0.15, -0.1) is 0 Å². The number of imide groups is 1. The third kappa shape index (κ3) is 2.60. The fraction of sp³-hybridized carbons (Fsp3) is 0. The Hall–Kier alpha value is -4.24. The highest BCUT2D eigenvalue weighted by atomic mass is 16.2. The first-order valence-electron chi connectivity index (χ1n) is 10.2. The summed E-state index contributed by atoms with van der Waals surface area (Å²) in [6, 6.07) is 31.0. The zero-order valence-electron chi connectivity index (χ0n) is 16.6. The quantitative estimate of drug-likeness (QED) is 0.367. The number of carbonyl (C=O) groups is 2. The Morgan fingerprint density at radius 2 is 0.871 bits per heavy atom. The SMILES string of the molecule is O=C1C=C(c2cccc3c2-c2ccccc2-c2ccccc2-c2ccccc2-3)C(=O)N1. The maximum absolute atomic E-state index is 12.6. The summed E-state index contributed by atoms with van der Waals surface area (Å²) in [6.07, 6.45) is 1.40. The molecule has 31 heavy (non-hydrogen) atoms. The van der Waals surface area contributed by atoms with E-state index in [1.165, 1.54) is 11.6 Å². The molecule has 0 spiro atoms. The second-order valence-electron chi connectivity index (χ2n) is 7.74. The Kier molecular flexibility index (Phi) is 3.77. The number of amides is 2. The monoisotopic (exact) mass is 399 g/mol. The van der Waals surface area contributed by atoms with Gasteiger partial charge in [0.05, 0.1) is 5.57 Å². The maximum atomic E-state index is 12.6. The van der Waals surface area contributed by atoms with Crippen molar-refractivity contribution in [2.45, 2.75) is 0 Å². The van der Waals surface area contributed by atoms with E-state index in [2.05, 4.69) is 66.0 Å². The minimum absolute atomic E-state index is 0.355. The Morgan fingerprint density at radius 1 is 0.452 bits per heavy atom. The molecule has 2 aliphatic rings. The van der Waals surface area contributed by atoms with Crippen LogP contribution in [0.4, 0.5) is 0 Å². The van der Waals surface area contributed by atoms with Crippen LogP contribution in [0.1, 0.15) is 5.56 Å². The summed E-state index contributed by atoms with van der Waals surface area (Å²) in [5, 5.41) is 2.39. The van der Waals surface area contributed by atoms with Crippen LogP contribution in [0, 0.1) is 0 Å². The van der Waals surface area contributed by atoms with Crippen LogP contribution in [0.2, 0.25) is 0 Å².